The summed E-state index contributed by atoms with van der Waals surface area (Å²) in [5.74, 6) is -1.97. The van der Waals surface area contributed by atoms with E-state index in [0.717, 1.165) is 22.8 Å². The van der Waals surface area contributed by atoms with E-state index in [9.17, 15) is 19.2 Å². The van der Waals surface area contributed by atoms with Crippen LogP contribution in [0.15, 0.2) is 79.4 Å². The lowest BCUT2D eigenvalue weighted by atomic mass is 9.99. The molecule has 0 saturated carbocycles. The first-order valence-electron chi connectivity index (χ1n) is 13.5. The zero-order chi connectivity index (χ0) is 30.2. The molecular weight excluding hydrogens is 520 g/mol. The van der Waals surface area contributed by atoms with E-state index >= 15 is 0 Å². The molecule has 0 aliphatic heterocycles. The number of benzene rings is 3. The highest BCUT2D eigenvalue weighted by Gasteiger charge is 2.36. The Morgan fingerprint density at radius 2 is 1.66 bits per heavy atom. The van der Waals surface area contributed by atoms with Crippen LogP contribution in [0.1, 0.15) is 51.3 Å². The molecule has 4 amide bonds. The summed E-state index contributed by atoms with van der Waals surface area (Å²) in [6, 6.07) is 18.2. The molecule has 0 saturated heterocycles. The predicted molar refractivity (Wildman–Crippen MR) is 160 cm³/mol. The van der Waals surface area contributed by atoms with Gasteiger partial charge in [0.05, 0.1) is 6.42 Å². The summed E-state index contributed by atoms with van der Waals surface area (Å²) in [6.45, 7) is 10.8. The third-order valence-electron chi connectivity index (χ3n) is 6.28. The number of amides is 4. The highest BCUT2D eigenvalue weighted by Crippen LogP contribution is 2.27. The summed E-state index contributed by atoms with van der Waals surface area (Å²) < 4.78 is 5.30. The summed E-state index contributed by atoms with van der Waals surface area (Å²) in [7, 11) is 0. The zero-order valence-electron chi connectivity index (χ0n) is 24.0. The van der Waals surface area contributed by atoms with Crippen LogP contribution in [0.25, 0.3) is 10.8 Å². The van der Waals surface area contributed by atoms with E-state index in [4.69, 9.17) is 10.5 Å². The lowest BCUT2D eigenvalue weighted by Gasteiger charge is -2.33. The minimum atomic E-state index is -1.37. The number of nitrogens with one attached hydrogen (secondary N) is 2. The number of hydrogen-bond acceptors (Lipinski definition) is 5. The number of anilines is 1. The van der Waals surface area contributed by atoms with Crippen LogP contribution in [0.3, 0.4) is 0 Å². The molecule has 3 rings (SSSR count). The highest BCUT2D eigenvalue weighted by molar-refractivity contribution is 6.01. The smallest absolute Gasteiger partial charge is 0.408 e. The first-order valence-corrected chi connectivity index (χ1v) is 13.5. The Morgan fingerprint density at radius 1 is 1.00 bits per heavy atom. The van der Waals surface area contributed by atoms with Gasteiger partial charge in [0.25, 0.3) is 5.91 Å². The maximum absolute atomic E-state index is 14.0. The van der Waals surface area contributed by atoms with E-state index in [1.54, 1.807) is 39.0 Å². The van der Waals surface area contributed by atoms with Gasteiger partial charge in [0, 0.05) is 12.2 Å². The van der Waals surface area contributed by atoms with Crippen molar-refractivity contribution in [3.05, 3.63) is 90.5 Å². The summed E-state index contributed by atoms with van der Waals surface area (Å²) in [5.41, 5.74) is 6.75. The molecule has 0 bridgehead atoms. The van der Waals surface area contributed by atoms with Gasteiger partial charge in [-0.15, -0.1) is 6.58 Å². The lowest BCUT2D eigenvalue weighted by molar-refractivity contribution is -0.141. The number of hydrogen-bond donors (Lipinski definition) is 3. The number of primary amides is 1. The summed E-state index contributed by atoms with van der Waals surface area (Å²) in [4.78, 5) is 53.7. The average molecular weight is 559 g/mol. The van der Waals surface area contributed by atoms with Crippen molar-refractivity contribution in [1.82, 2.24) is 10.2 Å². The van der Waals surface area contributed by atoms with Gasteiger partial charge < -0.3 is 26.0 Å². The minimum Gasteiger partial charge on any atom is -0.444 e. The van der Waals surface area contributed by atoms with Crippen LogP contribution in [0.5, 0.6) is 0 Å². The lowest BCUT2D eigenvalue weighted by Crippen LogP contribution is -2.53. The Balaban J connectivity index is 2.02. The topological polar surface area (TPSA) is 131 Å². The normalized spacial score (nSPS) is 12.6. The van der Waals surface area contributed by atoms with Gasteiger partial charge in [0.1, 0.15) is 17.7 Å². The van der Waals surface area contributed by atoms with Crippen LogP contribution in [-0.4, -0.2) is 46.9 Å². The number of carbonyl (C=O) groups excluding carboxylic acids is 4. The quantitative estimate of drug-likeness (QED) is 0.289. The largest absolute Gasteiger partial charge is 0.444 e. The second kappa shape index (κ2) is 13.6. The molecule has 0 heterocycles. The second-order valence-corrected chi connectivity index (χ2v) is 10.7. The number of alkyl carbamates (subject to hydrolysis) is 1. The summed E-state index contributed by atoms with van der Waals surface area (Å²) >= 11 is 0. The molecule has 9 heteroatoms. The molecule has 4 N–H and O–H groups in total. The fraction of sp³-hybridized carbons (Fsp3) is 0.312. The standard InChI is InChI=1S/C32H38N4O5/c1-6-18-36(30(39)26(20-27(33)37)35-31(40)41-32(3,4)5)28(23-14-12-21(7-2)13-15-23)29(38)34-25-17-16-22-10-8-9-11-24(22)19-25/h6,8-17,19,26,28H,1,7,18,20H2,2-5H3,(H2,33,37)(H,34,38)(H,35,40). The molecule has 3 aromatic rings. The number of aryl methyl sites for hydroxylation is 1. The molecule has 0 fully saturated rings. The van der Waals surface area contributed by atoms with Gasteiger partial charge in [0.2, 0.25) is 11.8 Å². The fourth-order valence-electron chi connectivity index (χ4n) is 4.40. The number of carbonyl (C=O) groups is 4. The van der Waals surface area contributed by atoms with E-state index in [1.807, 2.05) is 55.5 Å². The Bertz CT molecular complexity index is 1410. The van der Waals surface area contributed by atoms with E-state index < -0.39 is 47.9 Å². The van der Waals surface area contributed by atoms with E-state index in [1.165, 1.54) is 11.0 Å². The number of rotatable bonds is 11. The van der Waals surface area contributed by atoms with E-state index in [2.05, 4.69) is 17.2 Å². The summed E-state index contributed by atoms with van der Waals surface area (Å²) in [6.07, 6.45) is 0.896. The SMILES string of the molecule is C=CCN(C(=O)C(CC(N)=O)NC(=O)OC(C)(C)C)C(C(=O)Nc1ccc2ccccc2c1)c1ccc(CC)cc1. The van der Waals surface area contributed by atoms with Crippen molar-refractivity contribution in [2.45, 2.75) is 58.2 Å². The molecule has 0 spiro atoms. The van der Waals surface area contributed by atoms with Crippen molar-refractivity contribution < 1.29 is 23.9 Å². The Kier molecular flexibility index (Phi) is 10.2. The van der Waals surface area contributed by atoms with Gasteiger partial charge in [-0.25, -0.2) is 4.79 Å². The van der Waals surface area contributed by atoms with Crippen molar-refractivity contribution in [2.24, 2.45) is 5.73 Å². The molecule has 3 aromatic carbocycles. The molecule has 9 nitrogen and oxygen atoms in total. The van der Waals surface area contributed by atoms with Gasteiger partial charge in [-0.3, -0.25) is 14.4 Å². The van der Waals surface area contributed by atoms with Crippen LogP contribution < -0.4 is 16.4 Å². The highest BCUT2D eigenvalue weighted by atomic mass is 16.6. The molecular formula is C32H38N4O5. The monoisotopic (exact) mass is 558 g/mol. The predicted octanol–water partition coefficient (Wildman–Crippen LogP) is 4.87. The fourth-order valence-corrected chi connectivity index (χ4v) is 4.40. The van der Waals surface area contributed by atoms with Gasteiger partial charge >= 0.3 is 6.09 Å². The number of nitrogens with zero attached hydrogens (tertiary/aromatic N) is 1. The van der Waals surface area contributed by atoms with E-state index in [-0.39, 0.29) is 6.54 Å². The number of fused-ring (bicyclic) bond motifs is 1. The Hall–Kier alpha value is -4.66. The molecule has 2 atom stereocenters. The maximum Gasteiger partial charge on any atom is 0.408 e. The molecule has 0 aliphatic rings. The Morgan fingerprint density at radius 3 is 2.24 bits per heavy atom. The molecule has 0 aliphatic carbocycles. The first kappa shape index (κ1) is 30.9. The van der Waals surface area contributed by atoms with Crippen molar-refractivity contribution in [3.63, 3.8) is 0 Å². The molecule has 2 unspecified atom stereocenters. The van der Waals surface area contributed by atoms with Crippen molar-refractivity contribution in [2.75, 3.05) is 11.9 Å². The van der Waals surface area contributed by atoms with Gasteiger partial charge in [0.15, 0.2) is 0 Å². The third kappa shape index (κ3) is 8.66. The molecule has 216 valence electrons. The average Bonchev–Trinajstić information content (AvgIpc) is 2.91. The number of ether oxygens (including phenoxy) is 1. The van der Waals surface area contributed by atoms with Crippen LogP contribution in [0.4, 0.5) is 10.5 Å². The molecule has 41 heavy (non-hydrogen) atoms. The van der Waals surface area contributed by atoms with Crippen molar-refractivity contribution in [1.29, 1.82) is 0 Å². The number of nitrogens with two attached hydrogens (primary N) is 1. The molecule has 0 radical (unpaired) electrons. The minimum absolute atomic E-state index is 0.0462. The Labute approximate surface area is 240 Å². The zero-order valence-corrected chi connectivity index (χ0v) is 24.0. The first-order chi connectivity index (χ1) is 19.4. The van der Waals surface area contributed by atoms with Crippen molar-refractivity contribution >= 4 is 40.3 Å². The van der Waals surface area contributed by atoms with Gasteiger partial charge in [-0.2, -0.15) is 0 Å². The van der Waals surface area contributed by atoms with Crippen LogP contribution in [0, 0.1) is 0 Å². The maximum atomic E-state index is 14.0. The molecule has 0 aromatic heterocycles. The summed E-state index contributed by atoms with van der Waals surface area (Å²) in [5, 5.41) is 7.35. The van der Waals surface area contributed by atoms with Crippen LogP contribution in [-0.2, 0) is 25.5 Å². The van der Waals surface area contributed by atoms with Gasteiger partial charge in [-0.05, 0) is 61.2 Å². The third-order valence-corrected chi connectivity index (χ3v) is 6.28. The van der Waals surface area contributed by atoms with Crippen LogP contribution >= 0.6 is 0 Å². The van der Waals surface area contributed by atoms with Gasteiger partial charge in [-0.1, -0.05) is 67.6 Å². The van der Waals surface area contributed by atoms with E-state index in [0.29, 0.717) is 11.3 Å². The van der Waals surface area contributed by atoms with Crippen molar-refractivity contribution in [3.8, 4) is 0 Å². The second-order valence-electron chi connectivity index (χ2n) is 10.7. The van der Waals surface area contributed by atoms with Crippen LogP contribution in [0.2, 0.25) is 0 Å².